The van der Waals surface area contributed by atoms with Crippen LogP contribution in [0.15, 0.2) is 0 Å². The number of rotatable bonds is 9. The summed E-state index contributed by atoms with van der Waals surface area (Å²) in [4.78, 5) is 21.8. The summed E-state index contributed by atoms with van der Waals surface area (Å²) in [6.45, 7) is 5.51. The Hall–Kier alpha value is -1.10. The summed E-state index contributed by atoms with van der Waals surface area (Å²) in [5, 5.41) is 10.4. The standard InChI is InChI=1S/C13H25NO4/c1-5-11(2)13(17)18-10-6-8-14(3,4)9-7-12(15)16/h11H,5-10H2,1-4H3. The summed E-state index contributed by atoms with van der Waals surface area (Å²) in [6, 6.07) is 0. The van der Waals surface area contributed by atoms with Gasteiger partial charge in [0, 0.05) is 18.8 Å². The summed E-state index contributed by atoms with van der Waals surface area (Å²) in [5.41, 5.74) is 0. The molecular formula is C13H25NO4. The maximum Gasteiger partial charge on any atom is 0.308 e. The Kier molecular flexibility index (Phi) is 7.59. The number of carboxylic acid groups (broad SMARTS) is 1. The van der Waals surface area contributed by atoms with Gasteiger partial charge in [-0.25, -0.2) is 0 Å². The number of hydrogen-bond donors (Lipinski definition) is 0. The Morgan fingerprint density at radius 2 is 1.89 bits per heavy atom. The second kappa shape index (κ2) is 8.08. The number of ether oxygens (including phenoxy) is 1. The van der Waals surface area contributed by atoms with E-state index < -0.39 is 5.97 Å². The van der Waals surface area contributed by atoms with Crippen molar-refractivity contribution in [3.05, 3.63) is 0 Å². The smallest absolute Gasteiger partial charge is 0.308 e. The van der Waals surface area contributed by atoms with Gasteiger partial charge in [0.2, 0.25) is 0 Å². The highest BCUT2D eigenvalue weighted by atomic mass is 16.5. The highest BCUT2D eigenvalue weighted by molar-refractivity contribution is 5.71. The fraction of sp³-hybridized carbons (Fsp3) is 0.846. The van der Waals surface area contributed by atoms with Crippen molar-refractivity contribution in [3.63, 3.8) is 0 Å². The van der Waals surface area contributed by atoms with Gasteiger partial charge < -0.3 is 19.1 Å². The average Bonchev–Trinajstić information content (AvgIpc) is 2.31. The van der Waals surface area contributed by atoms with Gasteiger partial charge in [-0.1, -0.05) is 13.8 Å². The van der Waals surface area contributed by atoms with Crippen molar-refractivity contribution >= 4 is 11.9 Å². The zero-order valence-corrected chi connectivity index (χ0v) is 11.9. The molecule has 0 aromatic carbocycles. The molecule has 0 saturated heterocycles. The van der Waals surface area contributed by atoms with Crippen LogP contribution in [-0.4, -0.2) is 50.2 Å². The fourth-order valence-corrected chi connectivity index (χ4v) is 1.48. The Morgan fingerprint density at radius 3 is 2.39 bits per heavy atom. The lowest BCUT2D eigenvalue weighted by Gasteiger charge is -2.30. The first-order valence-corrected chi connectivity index (χ1v) is 6.47. The third kappa shape index (κ3) is 8.06. The van der Waals surface area contributed by atoms with Gasteiger partial charge in [-0.3, -0.25) is 4.79 Å². The van der Waals surface area contributed by atoms with Crippen molar-refractivity contribution in [3.8, 4) is 0 Å². The molecule has 0 aromatic heterocycles. The Bertz CT molecular complexity index is 276. The normalized spacial score (nSPS) is 13.1. The first kappa shape index (κ1) is 16.9. The molecule has 0 rings (SSSR count). The van der Waals surface area contributed by atoms with Crippen LogP contribution in [0.25, 0.3) is 0 Å². The van der Waals surface area contributed by atoms with Crippen molar-refractivity contribution < 1.29 is 23.9 Å². The topological polar surface area (TPSA) is 66.4 Å². The monoisotopic (exact) mass is 259 g/mol. The van der Waals surface area contributed by atoms with Crippen molar-refractivity contribution in [2.45, 2.75) is 33.1 Å². The molecule has 0 aliphatic rings. The van der Waals surface area contributed by atoms with Gasteiger partial charge in [0.05, 0.1) is 39.7 Å². The van der Waals surface area contributed by atoms with Crippen molar-refractivity contribution in [2.75, 3.05) is 33.8 Å². The molecule has 1 unspecified atom stereocenters. The highest BCUT2D eigenvalue weighted by Gasteiger charge is 2.16. The molecule has 0 aliphatic heterocycles. The molecule has 18 heavy (non-hydrogen) atoms. The van der Waals surface area contributed by atoms with E-state index in [2.05, 4.69) is 0 Å². The number of esters is 1. The van der Waals surface area contributed by atoms with Crippen LogP contribution in [0.5, 0.6) is 0 Å². The van der Waals surface area contributed by atoms with Crippen LogP contribution in [0.3, 0.4) is 0 Å². The van der Waals surface area contributed by atoms with Crippen molar-refractivity contribution in [1.82, 2.24) is 0 Å². The van der Waals surface area contributed by atoms with Crippen molar-refractivity contribution in [1.29, 1.82) is 0 Å². The maximum absolute atomic E-state index is 11.4. The second-order valence-electron chi connectivity index (χ2n) is 5.34. The lowest BCUT2D eigenvalue weighted by atomic mass is 10.1. The lowest BCUT2D eigenvalue weighted by Crippen LogP contribution is -2.43. The van der Waals surface area contributed by atoms with E-state index in [1.54, 1.807) is 0 Å². The predicted octanol–water partition coefficient (Wildman–Crippen LogP) is 0.182. The SMILES string of the molecule is CCC(C)C(=O)OCCC[N+](C)(C)CCC(=O)[O-]. The van der Waals surface area contributed by atoms with E-state index in [1.165, 1.54) is 0 Å². The summed E-state index contributed by atoms with van der Waals surface area (Å²) in [7, 11) is 3.92. The summed E-state index contributed by atoms with van der Waals surface area (Å²) in [5.74, 6) is -1.23. The molecule has 0 saturated carbocycles. The fourth-order valence-electron chi connectivity index (χ4n) is 1.48. The molecule has 0 spiro atoms. The molecule has 1 atom stereocenters. The minimum atomic E-state index is -1.02. The third-order valence-corrected chi connectivity index (χ3v) is 3.09. The summed E-state index contributed by atoms with van der Waals surface area (Å²) < 4.78 is 5.73. The molecule has 0 aliphatic carbocycles. The molecule has 0 heterocycles. The number of carbonyl (C=O) groups is 2. The van der Waals surface area contributed by atoms with E-state index in [1.807, 2.05) is 27.9 Å². The quantitative estimate of drug-likeness (QED) is 0.336. The average molecular weight is 259 g/mol. The first-order valence-electron chi connectivity index (χ1n) is 6.47. The Balaban J connectivity index is 3.76. The number of carbonyl (C=O) groups excluding carboxylic acids is 2. The van der Waals surface area contributed by atoms with Crippen LogP contribution in [0.4, 0.5) is 0 Å². The number of quaternary nitrogens is 1. The van der Waals surface area contributed by atoms with E-state index in [0.717, 1.165) is 19.4 Å². The van der Waals surface area contributed by atoms with Crippen LogP contribution in [-0.2, 0) is 14.3 Å². The van der Waals surface area contributed by atoms with E-state index in [0.29, 0.717) is 17.6 Å². The van der Waals surface area contributed by atoms with E-state index >= 15 is 0 Å². The Labute approximate surface area is 109 Å². The predicted molar refractivity (Wildman–Crippen MR) is 66.5 cm³/mol. The third-order valence-electron chi connectivity index (χ3n) is 3.09. The number of hydrogen-bond acceptors (Lipinski definition) is 4. The van der Waals surface area contributed by atoms with Crippen LogP contribution in [0.1, 0.15) is 33.1 Å². The highest BCUT2D eigenvalue weighted by Crippen LogP contribution is 2.05. The first-order chi connectivity index (χ1) is 8.28. The molecule has 5 heteroatoms. The van der Waals surface area contributed by atoms with Gasteiger partial charge in [0.1, 0.15) is 0 Å². The number of carboxylic acids is 1. The lowest BCUT2D eigenvalue weighted by molar-refractivity contribution is -0.890. The van der Waals surface area contributed by atoms with E-state index in [9.17, 15) is 14.7 Å². The van der Waals surface area contributed by atoms with Gasteiger partial charge in [-0.05, 0) is 6.42 Å². The number of nitrogens with zero attached hydrogens (tertiary/aromatic N) is 1. The molecule has 0 bridgehead atoms. The summed E-state index contributed by atoms with van der Waals surface area (Å²) in [6.07, 6.45) is 1.58. The number of aliphatic carboxylic acids is 1. The molecule has 5 nitrogen and oxygen atoms in total. The minimum Gasteiger partial charge on any atom is -0.550 e. The zero-order valence-electron chi connectivity index (χ0n) is 11.9. The molecule has 0 fully saturated rings. The van der Waals surface area contributed by atoms with E-state index in [-0.39, 0.29) is 18.3 Å². The van der Waals surface area contributed by atoms with Crippen molar-refractivity contribution in [2.24, 2.45) is 5.92 Å². The van der Waals surface area contributed by atoms with Gasteiger partial charge in [0.15, 0.2) is 0 Å². The molecule has 106 valence electrons. The van der Waals surface area contributed by atoms with Crippen LogP contribution < -0.4 is 5.11 Å². The van der Waals surface area contributed by atoms with Gasteiger partial charge >= 0.3 is 5.97 Å². The Morgan fingerprint density at radius 1 is 1.28 bits per heavy atom. The minimum absolute atomic E-state index is 0.0504. The van der Waals surface area contributed by atoms with E-state index in [4.69, 9.17) is 4.74 Å². The van der Waals surface area contributed by atoms with Crippen LogP contribution >= 0.6 is 0 Å². The van der Waals surface area contributed by atoms with Gasteiger partial charge in [-0.15, -0.1) is 0 Å². The molecule has 0 N–H and O–H groups in total. The summed E-state index contributed by atoms with van der Waals surface area (Å²) >= 11 is 0. The maximum atomic E-state index is 11.4. The molecule has 0 radical (unpaired) electrons. The van der Waals surface area contributed by atoms with Gasteiger partial charge in [0.25, 0.3) is 0 Å². The molecule has 0 amide bonds. The second-order valence-corrected chi connectivity index (χ2v) is 5.34. The van der Waals surface area contributed by atoms with Crippen LogP contribution in [0.2, 0.25) is 0 Å². The molecule has 0 aromatic rings. The largest absolute Gasteiger partial charge is 0.550 e. The van der Waals surface area contributed by atoms with Crippen LogP contribution in [0, 0.1) is 5.92 Å². The van der Waals surface area contributed by atoms with Gasteiger partial charge in [-0.2, -0.15) is 0 Å². The molecular weight excluding hydrogens is 234 g/mol. The zero-order chi connectivity index (χ0) is 14.2.